The molecule has 3 N–H and O–H groups in total. The van der Waals surface area contributed by atoms with Crippen molar-refractivity contribution in [3.63, 3.8) is 0 Å². The lowest BCUT2D eigenvalue weighted by atomic mass is 10.0. The van der Waals surface area contributed by atoms with Crippen LogP contribution >= 0.6 is 22.9 Å². The molecule has 1 aromatic heterocycles. The number of ketones is 1. The van der Waals surface area contributed by atoms with E-state index in [2.05, 4.69) is 10.6 Å². The number of aliphatic hydroxyl groups excluding tert-OH is 1. The van der Waals surface area contributed by atoms with Crippen molar-refractivity contribution >= 4 is 46.4 Å². The first-order valence-electron chi connectivity index (χ1n) is 9.30. The van der Waals surface area contributed by atoms with Gasteiger partial charge in [-0.1, -0.05) is 11.6 Å². The molecule has 1 saturated heterocycles. The van der Waals surface area contributed by atoms with Gasteiger partial charge in [0.15, 0.2) is 0 Å². The van der Waals surface area contributed by atoms with E-state index in [1.54, 1.807) is 22.4 Å². The molecule has 2 aliphatic rings. The summed E-state index contributed by atoms with van der Waals surface area (Å²) in [4.78, 5) is 50.5. The summed E-state index contributed by atoms with van der Waals surface area (Å²) in [6.07, 6.45) is -0.389. The Labute approximate surface area is 180 Å². The van der Waals surface area contributed by atoms with E-state index < -0.39 is 29.9 Å². The summed E-state index contributed by atoms with van der Waals surface area (Å²) in [7, 11) is 0. The number of nitrogens with zero attached hydrogens (tertiary/aromatic N) is 1. The van der Waals surface area contributed by atoms with E-state index in [0.717, 1.165) is 10.4 Å². The maximum atomic E-state index is 12.3. The second-order valence-corrected chi connectivity index (χ2v) is 8.53. The molecule has 1 aromatic carbocycles. The number of carbonyl (C=O) groups excluding carboxylic acids is 4. The molecule has 10 heteroatoms. The van der Waals surface area contributed by atoms with Crippen LogP contribution in [0.2, 0.25) is 5.02 Å². The van der Waals surface area contributed by atoms with Crippen LogP contribution in [0.4, 0.5) is 0 Å². The molecule has 0 aliphatic carbocycles. The Bertz CT molecular complexity index is 1040. The zero-order valence-electron chi connectivity index (χ0n) is 15.7. The van der Waals surface area contributed by atoms with Gasteiger partial charge in [-0.15, -0.1) is 11.3 Å². The Morgan fingerprint density at radius 1 is 1.27 bits per heavy atom. The predicted octanol–water partition coefficient (Wildman–Crippen LogP) is 1.51. The van der Waals surface area contributed by atoms with Crippen molar-refractivity contribution in [2.75, 3.05) is 0 Å². The average molecular weight is 448 g/mol. The van der Waals surface area contributed by atoms with Crippen molar-refractivity contribution in [3.8, 4) is 0 Å². The highest BCUT2D eigenvalue weighted by Crippen LogP contribution is 2.40. The monoisotopic (exact) mass is 447 g/mol. The molecule has 2 unspecified atom stereocenters. The Morgan fingerprint density at radius 3 is 2.70 bits per heavy atom. The smallest absolute Gasteiger partial charge is 0.292 e. The highest BCUT2D eigenvalue weighted by Gasteiger charge is 2.41. The molecule has 0 radical (unpaired) electrons. The molecular weight excluding hydrogens is 430 g/mol. The maximum Gasteiger partial charge on any atom is 0.292 e. The van der Waals surface area contributed by atoms with Crippen LogP contribution in [0.25, 0.3) is 0 Å². The number of nitrogens with one attached hydrogen (secondary N) is 2. The molecule has 0 bridgehead atoms. The van der Waals surface area contributed by atoms with Crippen molar-refractivity contribution in [2.24, 2.45) is 0 Å². The van der Waals surface area contributed by atoms with Crippen molar-refractivity contribution < 1.29 is 24.3 Å². The summed E-state index contributed by atoms with van der Waals surface area (Å²) in [6.45, 7) is 0.455. The maximum absolute atomic E-state index is 12.3. The summed E-state index contributed by atoms with van der Waals surface area (Å²) < 4.78 is 0. The quantitative estimate of drug-likeness (QED) is 0.363. The van der Waals surface area contributed by atoms with Crippen molar-refractivity contribution in [2.45, 2.75) is 38.2 Å². The second-order valence-electron chi connectivity index (χ2n) is 7.12. The molecule has 2 aliphatic heterocycles. The molecule has 8 nitrogen and oxygen atoms in total. The van der Waals surface area contributed by atoms with Gasteiger partial charge in [0.1, 0.15) is 6.23 Å². The standard InChI is InChI=1S/C20H18ClN3O5S/c21-11-3-1-10(2-4-11)17(26)19(28)22-7-15-12-8-24(20(29)13(12)9-30-15)14-5-6-16(25)23-18(14)27/h1-4,9,14,20,29H,5-8H2,(H,22,28)(H,23,25,27). The van der Waals surface area contributed by atoms with Gasteiger partial charge >= 0.3 is 0 Å². The predicted molar refractivity (Wildman–Crippen MR) is 109 cm³/mol. The molecule has 3 amide bonds. The van der Waals surface area contributed by atoms with Gasteiger partial charge in [-0.3, -0.25) is 29.4 Å². The third-order valence-corrected chi connectivity index (χ3v) is 6.58. The Morgan fingerprint density at radius 2 is 2.00 bits per heavy atom. The van der Waals surface area contributed by atoms with Gasteiger partial charge in [0.05, 0.1) is 12.6 Å². The molecule has 2 atom stereocenters. The van der Waals surface area contributed by atoms with Gasteiger partial charge in [0.25, 0.3) is 5.91 Å². The third kappa shape index (κ3) is 3.89. The minimum absolute atomic E-state index is 0.133. The van der Waals surface area contributed by atoms with Crippen molar-refractivity contribution in [1.82, 2.24) is 15.5 Å². The number of amides is 3. The fourth-order valence-corrected chi connectivity index (χ4v) is 4.82. The van der Waals surface area contributed by atoms with E-state index in [-0.39, 0.29) is 24.4 Å². The summed E-state index contributed by atoms with van der Waals surface area (Å²) in [5, 5.41) is 17.8. The average Bonchev–Trinajstić information content (AvgIpc) is 3.26. The van der Waals surface area contributed by atoms with Gasteiger partial charge in [0, 0.05) is 34.0 Å². The first kappa shape index (κ1) is 20.7. The Hall–Kier alpha value is -2.59. The lowest BCUT2D eigenvalue weighted by Gasteiger charge is -2.31. The largest absolute Gasteiger partial charge is 0.374 e. The minimum atomic E-state index is -0.958. The van der Waals surface area contributed by atoms with E-state index in [1.807, 2.05) is 0 Å². The number of halogens is 1. The van der Waals surface area contributed by atoms with E-state index in [1.165, 1.54) is 23.5 Å². The van der Waals surface area contributed by atoms with Crippen LogP contribution in [0.3, 0.4) is 0 Å². The van der Waals surface area contributed by atoms with Crippen LogP contribution in [-0.2, 0) is 27.5 Å². The van der Waals surface area contributed by atoms with Crippen LogP contribution in [0.5, 0.6) is 0 Å². The van der Waals surface area contributed by atoms with Gasteiger partial charge in [-0.2, -0.15) is 0 Å². The van der Waals surface area contributed by atoms with Gasteiger partial charge < -0.3 is 10.4 Å². The molecule has 3 heterocycles. The van der Waals surface area contributed by atoms with Crippen molar-refractivity contribution in [1.29, 1.82) is 0 Å². The highest BCUT2D eigenvalue weighted by atomic mass is 35.5. The van der Waals surface area contributed by atoms with Crippen LogP contribution in [0.1, 0.15) is 45.4 Å². The van der Waals surface area contributed by atoms with Crippen molar-refractivity contribution in [3.05, 3.63) is 56.2 Å². The minimum Gasteiger partial charge on any atom is -0.374 e. The van der Waals surface area contributed by atoms with E-state index in [4.69, 9.17) is 11.6 Å². The highest BCUT2D eigenvalue weighted by molar-refractivity contribution is 7.10. The molecular formula is C20H18ClN3O5S. The summed E-state index contributed by atoms with van der Waals surface area (Å²) in [5.41, 5.74) is 1.75. The normalized spacial score (nSPS) is 21.3. The molecule has 4 rings (SSSR count). The molecule has 0 saturated carbocycles. The number of Topliss-reactive ketones (excluding diaryl/α,β-unsaturated/α-hetero) is 1. The third-order valence-electron chi connectivity index (χ3n) is 5.28. The number of fused-ring (bicyclic) bond motifs is 1. The number of benzene rings is 1. The molecule has 1 fully saturated rings. The van der Waals surface area contributed by atoms with Crippen LogP contribution in [0, 0.1) is 0 Å². The van der Waals surface area contributed by atoms with Gasteiger partial charge in [0.2, 0.25) is 17.6 Å². The topological polar surface area (TPSA) is 116 Å². The number of hydrogen-bond acceptors (Lipinski definition) is 7. The lowest BCUT2D eigenvalue weighted by molar-refractivity contribution is -0.141. The number of rotatable bonds is 5. The second kappa shape index (κ2) is 8.27. The number of carbonyl (C=O) groups is 4. The van der Waals surface area contributed by atoms with Gasteiger partial charge in [-0.25, -0.2) is 0 Å². The summed E-state index contributed by atoms with van der Waals surface area (Å²) in [5.74, 6) is -2.12. The zero-order valence-corrected chi connectivity index (χ0v) is 17.3. The molecule has 0 spiro atoms. The summed E-state index contributed by atoms with van der Waals surface area (Å²) >= 11 is 7.17. The van der Waals surface area contributed by atoms with Crippen LogP contribution < -0.4 is 10.6 Å². The van der Waals surface area contributed by atoms with Gasteiger partial charge in [-0.05, 0) is 41.6 Å². The molecule has 2 aromatic rings. The molecule has 156 valence electrons. The number of imide groups is 1. The number of aliphatic hydroxyl groups is 1. The van der Waals surface area contributed by atoms with E-state index >= 15 is 0 Å². The fraction of sp³-hybridized carbons (Fsp3) is 0.300. The Balaban J connectivity index is 1.41. The fourth-order valence-electron chi connectivity index (χ4n) is 3.68. The molecule has 30 heavy (non-hydrogen) atoms. The number of hydrogen-bond donors (Lipinski definition) is 3. The number of thiophene rings is 1. The van der Waals surface area contributed by atoms with Crippen LogP contribution in [0.15, 0.2) is 29.6 Å². The SMILES string of the molecule is O=C1CCC(N2Cc3c(csc3CNC(=O)C(=O)c3ccc(Cl)cc3)C2O)C(=O)N1. The summed E-state index contributed by atoms with van der Waals surface area (Å²) in [6, 6.07) is 5.46. The Kier molecular flexibility index (Phi) is 5.70. The van der Waals surface area contributed by atoms with E-state index in [0.29, 0.717) is 23.6 Å². The van der Waals surface area contributed by atoms with E-state index in [9.17, 15) is 24.3 Å². The first-order chi connectivity index (χ1) is 14.3. The zero-order chi connectivity index (χ0) is 21.4. The lowest BCUT2D eigenvalue weighted by Crippen LogP contribution is -2.51. The van der Waals surface area contributed by atoms with Crippen LogP contribution in [-0.4, -0.2) is 39.6 Å². The number of piperidine rings is 1. The first-order valence-corrected chi connectivity index (χ1v) is 10.6.